The van der Waals surface area contributed by atoms with Crippen molar-refractivity contribution in [2.45, 2.75) is 24.8 Å². The van der Waals surface area contributed by atoms with Crippen LogP contribution in [-0.2, 0) is 13.0 Å². The van der Waals surface area contributed by atoms with Gasteiger partial charge in [-0.1, -0.05) is 42.5 Å². The zero-order chi connectivity index (χ0) is 20.2. The molecule has 0 aliphatic rings. The van der Waals surface area contributed by atoms with E-state index in [1.165, 1.54) is 5.56 Å². The lowest BCUT2D eigenvalue weighted by atomic mass is 10.1. The Morgan fingerprint density at radius 2 is 1.97 bits per heavy atom. The van der Waals surface area contributed by atoms with Crippen LogP contribution in [0.25, 0.3) is 10.2 Å². The summed E-state index contributed by atoms with van der Waals surface area (Å²) in [5.41, 5.74) is 3.66. The first-order valence-corrected chi connectivity index (χ1v) is 11.5. The number of aryl methyl sites for hydroxylation is 1. The topological polar surface area (TPSA) is 46.1 Å². The van der Waals surface area contributed by atoms with Crippen molar-refractivity contribution in [3.05, 3.63) is 83.7 Å². The average molecular weight is 420 g/mol. The van der Waals surface area contributed by atoms with Gasteiger partial charge in [-0.05, 0) is 54.6 Å². The molecule has 2 aromatic carbocycles. The third-order valence-corrected chi connectivity index (χ3v) is 6.48. The normalized spacial score (nSPS) is 11.0. The largest absolute Gasteiger partial charge is 0.278 e. The maximum atomic E-state index is 13.5. The van der Waals surface area contributed by atoms with Crippen LogP contribution in [0.5, 0.6) is 0 Å². The smallest absolute Gasteiger partial charge is 0.260 e. The van der Waals surface area contributed by atoms with Gasteiger partial charge in [-0.15, -0.1) is 11.8 Å². The van der Waals surface area contributed by atoms with Gasteiger partial charge in [-0.25, -0.2) is 4.98 Å². The molecule has 2 heterocycles. The molecule has 0 aliphatic carbocycles. The van der Waals surface area contributed by atoms with Crippen LogP contribution in [0.4, 0.5) is 5.13 Å². The van der Waals surface area contributed by atoms with E-state index in [0.717, 1.165) is 27.2 Å². The predicted molar refractivity (Wildman–Crippen MR) is 122 cm³/mol. The summed E-state index contributed by atoms with van der Waals surface area (Å²) in [5, 5.41) is 0.700. The van der Waals surface area contributed by atoms with Crippen LogP contribution < -0.4 is 4.90 Å². The zero-order valence-electron chi connectivity index (χ0n) is 16.3. The monoisotopic (exact) mass is 419 g/mol. The number of nitrogens with zero attached hydrogens (tertiary/aromatic N) is 3. The van der Waals surface area contributed by atoms with Gasteiger partial charge in [0.1, 0.15) is 0 Å². The highest BCUT2D eigenvalue weighted by atomic mass is 32.2. The number of aromatic nitrogens is 2. The van der Waals surface area contributed by atoms with E-state index in [1.54, 1.807) is 34.2 Å². The number of benzene rings is 2. The lowest BCUT2D eigenvalue weighted by Gasteiger charge is -2.20. The van der Waals surface area contributed by atoms with E-state index in [9.17, 15) is 4.79 Å². The summed E-state index contributed by atoms with van der Waals surface area (Å²) >= 11 is 3.17. The molecule has 0 saturated carbocycles. The molecule has 1 amide bonds. The summed E-state index contributed by atoms with van der Waals surface area (Å²) in [6, 6.07) is 19.7. The molecular formula is C23H21N3OS2. The van der Waals surface area contributed by atoms with Crippen molar-refractivity contribution < 1.29 is 4.79 Å². The molecule has 4 rings (SSSR count). The average Bonchev–Trinajstić information content (AvgIpc) is 3.22. The number of pyridine rings is 1. The predicted octanol–water partition coefficient (Wildman–Crippen LogP) is 5.82. The van der Waals surface area contributed by atoms with Crippen LogP contribution >= 0.6 is 23.1 Å². The highest BCUT2D eigenvalue weighted by molar-refractivity contribution is 7.98. The van der Waals surface area contributed by atoms with Crippen LogP contribution in [0.15, 0.2) is 71.8 Å². The number of hydrogen-bond acceptors (Lipinski definition) is 5. The Balaban J connectivity index is 1.79. The Hall–Kier alpha value is -2.70. The molecule has 0 atom stereocenters. The fraction of sp³-hybridized carbons (Fsp3) is 0.174. The number of fused-ring (bicyclic) bond motifs is 1. The highest BCUT2D eigenvalue weighted by Gasteiger charge is 2.23. The molecule has 0 radical (unpaired) electrons. The van der Waals surface area contributed by atoms with Gasteiger partial charge >= 0.3 is 0 Å². The van der Waals surface area contributed by atoms with Gasteiger partial charge < -0.3 is 0 Å². The lowest BCUT2D eigenvalue weighted by Crippen LogP contribution is -2.30. The minimum Gasteiger partial charge on any atom is -0.278 e. The summed E-state index contributed by atoms with van der Waals surface area (Å²) in [6.07, 6.45) is 4.67. The number of para-hydroxylation sites is 1. The molecule has 4 nitrogen and oxygen atoms in total. The number of thiazole rings is 1. The molecule has 0 fully saturated rings. The summed E-state index contributed by atoms with van der Waals surface area (Å²) in [5.74, 6) is -0.0661. The van der Waals surface area contributed by atoms with Crippen molar-refractivity contribution in [2.75, 3.05) is 11.2 Å². The van der Waals surface area contributed by atoms with Gasteiger partial charge in [0.25, 0.3) is 5.91 Å². The van der Waals surface area contributed by atoms with Crippen molar-refractivity contribution in [3.8, 4) is 0 Å². The number of rotatable bonds is 6. The van der Waals surface area contributed by atoms with Crippen LogP contribution in [0.1, 0.15) is 28.5 Å². The van der Waals surface area contributed by atoms with E-state index in [-0.39, 0.29) is 5.91 Å². The van der Waals surface area contributed by atoms with Gasteiger partial charge in [0.2, 0.25) is 0 Å². The summed E-state index contributed by atoms with van der Waals surface area (Å²) < 4.78 is 1.09. The third kappa shape index (κ3) is 4.18. The van der Waals surface area contributed by atoms with Crippen molar-refractivity contribution in [3.63, 3.8) is 0 Å². The number of amides is 1. The molecule has 4 aromatic rings. The van der Waals surface area contributed by atoms with E-state index in [4.69, 9.17) is 4.98 Å². The maximum Gasteiger partial charge on any atom is 0.260 e. The minimum absolute atomic E-state index is 0.0661. The maximum absolute atomic E-state index is 13.5. The lowest BCUT2D eigenvalue weighted by molar-refractivity contribution is 0.0984. The van der Waals surface area contributed by atoms with Gasteiger partial charge in [-0.2, -0.15) is 0 Å². The molecule has 6 heteroatoms. The second-order valence-corrected chi connectivity index (χ2v) is 8.45. The van der Waals surface area contributed by atoms with E-state index >= 15 is 0 Å². The number of hydrogen-bond donors (Lipinski definition) is 0. The first kappa shape index (κ1) is 19.6. The number of anilines is 1. The zero-order valence-corrected chi connectivity index (χ0v) is 18.0. The Kier molecular flexibility index (Phi) is 5.92. The fourth-order valence-corrected chi connectivity index (χ4v) is 4.66. The standard InChI is InChI=1S/C23H21N3OS2/c1-3-16-8-7-12-20-21(16)25-23(29-20)26(15-18-10-4-5-13-24-18)22(27)17-9-6-11-19(14-17)28-2/h4-14H,3,15H2,1-2H3. The van der Waals surface area contributed by atoms with Crippen molar-refractivity contribution in [2.24, 2.45) is 0 Å². The van der Waals surface area contributed by atoms with Crippen molar-refractivity contribution >= 4 is 44.4 Å². The Labute approximate surface area is 178 Å². The number of carbonyl (C=O) groups is 1. The highest BCUT2D eigenvalue weighted by Crippen LogP contribution is 2.33. The molecule has 0 bridgehead atoms. The first-order chi connectivity index (χ1) is 14.2. The molecule has 0 aliphatic heterocycles. The molecule has 0 saturated heterocycles. The third-order valence-electron chi connectivity index (χ3n) is 4.71. The first-order valence-electron chi connectivity index (χ1n) is 9.44. The van der Waals surface area contributed by atoms with Gasteiger partial charge in [-0.3, -0.25) is 14.7 Å². The second kappa shape index (κ2) is 8.76. The second-order valence-electron chi connectivity index (χ2n) is 6.56. The van der Waals surface area contributed by atoms with Gasteiger partial charge in [0, 0.05) is 16.7 Å². The Morgan fingerprint density at radius 3 is 2.72 bits per heavy atom. The van der Waals surface area contributed by atoms with Crippen LogP contribution in [0, 0.1) is 0 Å². The van der Waals surface area contributed by atoms with Crippen LogP contribution in [0.3, 0.4) is 0 Å². The SMILES string of the molecule is CCc1cccc2sc(N(Cc3ccccn3)C(=O)c3cccc(SC)c3)nc12. The molecular weight excluding hydrogens is 398 g/mol. The Morgan fingerprint density at radius 1 is 1.10 bits per heavy atom. The quantitative estimate of drug-likeness (QED) is 0.369. The fourth-order valence-electron chi connectivity index (χ4n) is 3.19. The summed E-state index contributed by atoms with van der Waals surface area (Å²) in [6.45, 7) is 2.50. The molecule has 0 spiro atoms. The minimum atomic E-state index is -0.0661. The molecule has 29 heavy (non-hydrogen) atoms. The molecule has 146 valence electrons. The van der Waals surface area contributed by atoms with Crippen LogP contribution in [-0.4, -0.2) is 22.1 Å². The summed E-state index contributed by atoms with van der Waals surface area (Å²) in [7, 11) is 0. The Bertz CT molecular complexity index is 1140. The number of thioether (sulfide) groups is 1. The molecule has 0 unspecified atom stereocenters. The summed E-state index contributed by atoms with van der Waals surface area (Å²) in [4.78, 5) is 25.6. The van der Waals surface area contributed by atoms with E-state index in [1.807, 2.05) is 48.7 Å². The van der Waals surface area contributed by atoms with Crippen molar-refractivity contribution in [1.29, 1.82) is 0 Å². The molecule has 2 aromatic heterocycles. The molecule has 0 N–H and O–H groups in total. The van der Waals surface area contributed by atoms with E-state index < -0.39 is 0 Å². The van der Waals surface area contributed by atoms with E-state index in [0.29, 0.717) is 17.2 Å². The van der Waals surface area contributed by atoms with E-state index in [2.05, 4.69) is 30.1 Å². The van der Waals surface area contributed by atoms with Crippen LogP contribution in [0.2, 0.25) is 0 Å². The van der Waals surface area contributed by atoms with Gasteiger partial charge in [0.05, 0.1) is 22.5 Å². The number of carbonyl (C=O) groups excluding carboxylic acids is 1. The van der Waals surface area contributed by atoms with Crippen molar-refractivity contribution in [1.82, 2.24) is 9.97 Å². The van der Waals surface area contributed by atoms with Gasteiger partial charge in [0.15, 0.2) is 5.13 Å².